The molecule has 2 amide bonds. The Hall–Kier alpha value is -1.88. The quantitative estimate of drug-likeness (QED) is 0.715. The lowest BCUT2D eigenvalue weighted by molar-refractivity contribution is -0.123. The van der Waals surface area contributed by atoms with E-state index in [0.717, 1.165) is 16.8 Å². The molecule has 18 heavy (non-hydrogen) atoms. The first-order chi connectivity index (χ1) is 8.54. The summed E-state index contributed by atoms with van der Waals surface area (Å²) in [6.45, 7) is 4.05. The van der Waals surface area contributed by atoms with E-state index in [9.17, 15) is 9.59 Å². The molecule has 98 valence electrons. The van der Waals surface area contributed by atoms with Crippen LogP contribution in [-0.2, 0) is 9.59 Å². The summed E-state index contributed by atoms with van der Waals surface area (Å²) in [6.07, 6.45) is 0. The average molecular weight is 249 g/mol. The Morgan fingerprint density at radius 2 is 1.67 bits per heavy atom. The van der Waals surface area contributed by atoms with Gasteiger partial charge in [0.05, 0.1) is 13.1 Å². The van der Waals surface area contributed by atoms with Crippen molar-refractivity contribution in [3.63, 3.8) is 0 Å². The van der Waals surface area contributed by atoms with Crippen molar-refractivity contribution in [2.75, 3.05) is 25.5 Å². The van der Waals surface area contributed by atoms with Crippen molar-refractivity contribution >= 4 is 17.5 Å². The Bertz CT molecular complexity index is 424. The molecule has 0 aliphatic heterocycles. The van der Waals surface area contributed by atoms with E-state index in [2.05, 4.69) is 16.0 Å². The van der Waals surface area contributed by atoms with Crippen LogP contribution < -0.4 is 16.0 Å². The molecule has 0 fully saturated rings. The van der Waals surface area contributed by atoms with Crippen LogP contribution >= 0.6 is 0 Å². The fraction of sp³-hybridized carbons (Fsp3) is 0.385. The molecule has 1 aromatic rings. The first kappa shape index (κ1) is 14.2. The van der Waals surface area contributed by atoms with E-state index in [0.29, 0.717) is 0 Å². The van der Waals surface area contributed by atoms with Crippen molar-refractivity contribution < 1.29 is 9.59 Å². The minimum Gasteiger partial charge on any atom is -0.346 e. The van der Waals surface area contributed by atoms with Gasteiger partial charge in [0.2, 0.25) is 11.8 Å². The molecular weight excluding hydrogens is 230 g/mol. The Labute approximate surface area is 107 Å². The van der Waals surface area contributed by atoms with Gasteiger partial charge in [-0.1, -0.05) is 18.2 Å². The van der Waals surface area contributed by atoms with Gasteiger partial charge in [-0.15, -0.1) is 0 Å². The summed E-state index contributed by atoms with van der Waals surface area (Å²) < 4.78 is 0. The number of anilines is 1. The highest BCUT2D eigenvalue weighted by molar-refractivity contribution is 5.95. The van der Waals surface area contributed by atoms with Gasteiger partial charge in [0.15, 0.2) is 0 Å². The molecule has 0 aliphatic rings. The van der Waals surface area contributed by atoms with Crippen LogP contribution in [0.5, 0.6) is 0 Å². The minimum atomic E-state index is -0.225. The maximum absolute atomic E-state index is 11.7. The second-order valence-electron chi connectivity index (χ2n) is 4.12. The smallest absolute Gasteiger partial charge is 0.243 e. The van der Waals surface area contributed by atoms with Crippen molar-refractivity contribution in [1.29, 1.82) is 0 Å². The molecule has 0 aliphatic carbocycles. The fourth-order valence-corrected chi connectivity index (χ4v) is 1.60. The third-order valence-corrected chi connectivity index (χ3v) is 2.53. The molecular formula is C13H19N3O2. The normalized spacial score (nSPS) is 9.94. The monoisotopic (exact) mass is 249 g/mol. The van der Waals surface area contributed by atoms with E-state index in [1.807, 2.05) is 32.0 Å². The summed E-state index contributed by atoms with van der Waals surface area (Å²) in [5.74, 6) is -0.425. The first-order valence-electron chi connectivity index (χ1n) is 5.82. The zero-order valence-electron chi connectivity index (χ0n) is 11.0. The number of aryl methyl sites for hydroxylation is 2. The number of rotatable bonds is 5. The lowest BCUT2D eigenvalue weighted by atomic mass is 10.1. The minimum absolute atomic E-state index is 0.0196. The highest BCUT2D eigenvalue weighted by Gasteiger charge is 2.08. The second-order valence-corrected chi connectivity index (χ2v) is 4.12. The van der Waals surface area contributed by atoms with Crippen LogP contribution in [-0.4, -0.2) is 32.0 Å². The van der Waals surface area contributed by atoms with Crippen LogP contribution in [0.15, 0.2) is 18.2 Å². The molecule has 0 aromatic heterocycles. The number of para-hydroxylation sites is 1. The SMILES string of the molecule is CNCC(=O)NCC(=O)Nc1c(C)cccc1C. The van der Waals surface area contributed by atoms with Gasteiger partial charge in [0, 0.05) is 5.69 Å². The molecule has 0 spiro atoms. The van der Waals surface area contributed by atoms with E-state index in [1.165, 1.54) is 0 Å². The zero-order chi connectivity index (χ0) is 13.5. The predicted molar refractivity (Wildman–Crippen MR) is 71.5 cm³/mol. The molecule has 0 unspecified atom stereocenters. The van der Waals surface area contributed by atoms with Gasteiger partial charge < -0.3 is 16.0 Å². The highest BCUT2D eigenvalue weighted by atomic mass is 16.2. The molecule has 0 radical (unpaired) electrons. The van der Waals surface area contributed by atoms with Gasteiger partial charge in [0.25, 0.3) is 0 Å². The molecule has 3 N–H and O–H groups in total. The van der Waals surface area contributed by atoms with E-state index >= 15 is 0 Å². The number of carbonyl (C=O) groups excluding carboxylic acids is 2. The van der Waals surface area contributed by atoms with E-state index in [-0.39, 0.29) is 24.9 Å². The zero-order valence-corrected chi connectivity index (χ0v) is 11.0. The average Bonchev–Trinajstić information content (AvgIpc) is 2.32. The molecule has 1 rings (SSSR count). The highest BCUT2D eigenvalue weighted by Crippen LogP contribution is 2.18. The van der Waals surface area contributed by atoms with Crippen molar-refractivity contribution in [2.24, 2.45) is 0 Å². The molecule has 0 bridgehead atoms. The molecule has 5 nitrogen and oxygen atoms in total. The van der Waals surface area contributed by atoms with Crippen LogP contribution in [0.2, 0.25) is 0 Å². The van der Waals surface area contributed by atoms with E-state index in [1.54, 1.807) is 7.05 Å². The fourth-order valence-electron chi connectivity index (χ4n) is 1.60. The van der Waals surface area contributed by atoms with Crippen molar-refractivity contribution in [2.45, 2.75) is 13.8 Å². The third kappa shape index (κ3) is 4.18. The van der Waals surface area contributed by atoms with Gasteiger partial charge in [-0.3, -0.25) is 9.59 Å². The lowest BCUT2D eigenvalue weighted by Crippen LogP contribution is -2.37. The summed E-state index contributed by atoms with van der Waals surface area (Å²) >= 11 is 0. The Morgan fingerprint density at radius 1 is 1.06 bits per heavy atom. The van der Waals surface area contributed by atoms with E-state index in [4.69, 9.17) is 0 Å². The molecule has 1 aromatic carbocycles. The molecule has 0 heterocycles. The molecule has 0 atom stereocenters. The summed E-state index contributed by atoms with van der Waals surface area (Å²) in [5, 5.41) is 8.05. The third-order valence-electron chi connectivity index (χ3n) is 2.53. The van der Waals surface area contributed by atoms with Crippen LogP contribution in [0, 0.1) is 13.8 Å². The number of hydrogen-bond donors (Lipinski definition) is 3. The number of amides is 2. The lowest BCUT2D eigenvalue weighted by Gasteiger charge is -2.11. The number of benzene rings is 1. The van der Waals surface area contributed by atoms with Gasteiger partial charge in [-0.2, -0.15) is 0 Å². The van der Waals surface area contributed by atoms with Crippen molar-refractivity contribution in [1.82, 2.24) is 10.6 Å². The summed E-state index contributed by atoms with van der Waals surface area (Å²) in [6, 6.07) is 5.80. The summed E-state index contributed by atoms with van der Waals surface area (Å²) in [7, 11) is 1.68. The Kier molecular flexibility index (Phi) is 5.32. The second kappa shape index (κ2) is 6.76. The maximum Gasteiger partial charge on any atom is 0.243 e. The van der Waals surface area contributed by atoms with Crippen molar-refractivity contribution in [3.05, 3.63) is 29.3 Å². The van der Waals surface area contributed by atoms with Crippen molar-refractivity contribution in [3.8, 4) is 0 Å². The van der Waals surface area contributed by atoms with Crippen LogP contribution in [0.4, 0.5) is 5.69 Å². The number of carbonyl (C=O) groups is 2. The predicted octanol–water partition coefficient (Wildman–Crippen LogP) is 0.578. The molecule has 5 heteroatoms. The summed E-state index contributed by atoms with van der Waals surface area (Å²) in [5.41, 5.74) is 2.82. The van der Waals surface area contributed by atoms with Gasteiger partial charge in [-0.05, 0) is 32.0 Å². The Balaban J connectivity index is 2.52. The maximum atomic E-state index is 11.7. The van der Waals surface area contributed by atoms with Gasteiger partial charge >= 0.3 is 0 Å². The molecule has 0 saturated carbocycles. The number of hydrogen-bond acceptors (Lipinski definition) is 3. The topological polar surface area (TPSA) is 70.2 Å². The van der Waals surface area contributed by atoms with Crippen LogP contribution in [0.1, 0.15) is 11.1 Å². The summed E-state index contributed by atoms with van der Waals surface area (Å²) in [4.78, 5) is 22.9. The first-order valence-corrected chi connectivity index (χ1v) is 5.82. The Morgan fingerprint density at radius 3 is 2.22 bits per heavy atom. The number of nitrogens with one attached hydrogen (secondary N) is 3. The van der Waals surface area contributed by atoms with Gasteiger partial charge in [-0.25, -0.2) is 0 Å². The van der Waals surface area contributed by atoms with Crippen LogP contribution in [0.3, 0.4) is 0 Å². The molecule has 0 saturated heterocycles. The van der Waals surface area contributed by atoms with Crippen LogP contribution in [0.25, 0.3) is 0 Å². The van der Waals surface area contributed by atoms with E-state index < -0.39 is 0 Å². The standard InChI is InChI=1S/C13H19N3O2/c1-9-5-4-6-10(2)13(9)16-12(18)8-15-11(17)7-14-3/h4-6,14H,7-8H2,1-3H3,(H,15,17)(H,16,18). The number of likely N-dealkylation sites (N-methyl/N-ethyl adjacent to an activating group) is 1. The largest absolute Gasteiger partial charge is 0.346 e. The van der Waals surface area contributed by atoms with Gasteiger partial charge in [0.1, 0.15) is 0 Å².